The van der Waals surface area contributed by atoms with Crippen molar-refractivity contribution in [1.82, 2.24) is 0 Å². The Bertz CT molecular complexity index is 589. The van der Waals surface area contributed by atoms with Crippen molar-refractivity contribution in [2.24, 2.45) is 5.92 Å². The van der Waals surface area contributed by atoms with Crippen molar-refractivity contribution in [3.8, 4) is 0 Å². The Morgan fingerprint density at radius 3 is 2.78 bits per heavy atom. The molecule has 0 aliphatic carbocycles. The maximum absolute atomic E-state index is 11.8. The van der Waals surface area contributed by atoms with Gasteiger partial charge >= 0.3 is 5.97 Å². The van der Waals surface area contributed by atoms with Crippen LogP contribution in [0.1, 0.15) is 30.9 Å². The summed E-state index contributed by atoms with van der Waals surface area (Å²) in [5, 5.41) is 8.88. The molecule has 98 valence electrons. The molecule has 0 amide bonds. The molecule has 1 heterocycles. The van der Waals surface area contributed by atoms with Crippen molar-refractivity contribution in [1.29, 1.82) is 0 Å². The minimum atomic E-state index is -3.13. The SMILES string of the molecule is CC(Cc1ccc2c(c1)C(C)CS2(=O)=O)C(=O)O. The van der Waals surface area contributed by atoms with Crippen molar-refractivity contribution < 1.29 is 18.3 Å². The van der Waals surface area contributed by atoms with Crippen molar-refractivity contribution >= 4 is 15.8 Å². The lowest BCUT2D eigenvalue weighted by molar-refractivity contribution is -0.141. The topological polar surface area (TPSA) is 71.4 Å². The van der Waals surface area contributed by atoms with Gasteiger partial charge in [0.2, 0.25) is 0 Å². The van der Waals surface area contributed by atoms with E-state index < -0.39 is 21.7 Å². The van der Waals surface area contributed by atoms with Gasteiger partial charge in [-0.3, -0.25) is 4.79 Å². The van der Waals surface area contributed by atoms with Crippen LogP contribution in [0.25, 0.3) is 0 Å². The van der Waals surface area contributed by atoms with Crippen LogP contribution in [0.2, 0.25) is 0 Å². The summed E-state index contributed by atoms with van der Waals surface area (Å²) in [7, 11) is -3.13. The van der Waals surface area contributed by atoms with E-state index in [0.717, 1.165) is 11.1 Å². The number of sulfone groups is 1. The molecule has 2 rings (SSSR count). The number of carbonyl (C=O) groups is 1. The molecule has 0 bridgehead atoms. The molecule has 4 nitrogen and oxygen atoms in total. The van der Waals surface area contributed by atoms with Crippen LogP contribution in [-0.2, 0) is 21.1 Å². The fraction of sp³-hybridized carbons (Fsp3) is 0.462. The second-order valence-corrected chi connectivity index (χ2v) is 7.00. The maximum Gasteiger partial charge on any atom is 0.306 e. The molecule has 1 aliphatic heterocycles. The summed E-state index contributed by atoms with van der Waals surface area (Å²) >= 11 is 0. The second kappa shape index (κ2) is 4.39. The third-order valence-electron chi connectivity index (χ3n) is 3.37. The molecular formula is C13H16O4S. The van der Waals surface area contributed by atoms with E-state index in [1.54, 1.807) is 19.1 Å². The summed E-state index contributed by atoms with van der Waals surface area (Å²) in [6.45, 7) is 3.53. The van der Waals surface area contributed by atoms with Gasteiger partial charge in [0.15, 0.2) is 9.84 Å². The fourth-order valence-electron chi connectivity index (χ4n) is 2.34. The van der Waals surface area contributed by atoms with Crippen LogP contribution in [0.15, 0.2) is 23.1 Å². The van der Waals surface area contributed by atoms with Crippen LogP contribution in [0, 0.1) is 5.92 Å². The Balaban J connectivity index is 2.35. The first-order chi connectivity index (χ1) is 8.31. The number of hydrogen-bond acceptors (Lipinski definition) is 3. The standard InChI is InChI=1S/C13H16O4S/c1-8(13(14)15)5-10-3-4-12-11(6-10)9(2)7-18(12,16)17/h3-4,6,8-9H,5,7H2,1-2H3,(H,14,15). The lowest BCUT2D eigenvalue weighted by Gasteiger charge is -2.09. The van der Waals surface area contributed by atoms with Gasteiger partial charge in [-0.25, -0.2) is 8.42 Å². The first kappa shape index (κ1) is 13.1. The monoisotopic (exact) mass is 268 g/mol. The van der Waals surface area contributed by atoms with Gasteiger partial charge in [-0.15, -0.1) is 0 Å². The van der Waals surface area contributed by atoms with Crippen LogP contribution in [0.3, 0.4) is 0 Å². The highest BCUT2D eigenvalue weighted by molar-refractivity contribution is 7.91. The molecule has 0 saturated carbocycles. The quantitative estimate of drug-likeness (QED) is 0.908. The van der Waals surface area contributed by atoms with Crippen LogP contribution in [-0.4, -0.2) is 25.2 Å². The van der Waals surface area contributed by atoms with Crippen molar-refractivity contribution in [3.05, 3.63) is 29.3 Å². The minimum absolute atomic E-state index is 0.00918. The van der Waals surface area contributed by atoms with Crippen molar-refractivity contribution in [3.63, 3.8) is 0 Å². The lowest BCUT2D eigenvalue weighted by atomic mass is 9.96. The van der Waals surface area contributed by atoms with E-state index >= 15 is 0 Å². The predicted molar refractivity (Wildman–Crippen MR) is 67.4 cm³/mol. The van der Waals surface area contributed by atoms with Crippen LogP contribution in [0.5, 0.6) is 0 Å². The Morgan fingerprint density at radius 1 is 1.50 bits per heavy atom. The van der Waals surface area contributed by atoms with Gasteiger partial charge in [-0.2, -0.15) is 0 Å². The van der Waals surface area contributed by atoms with E-state index in [4.69, 9.17) is 5.11 Å². The summed E-state index contributed by atoms with van der Waals surface area (Å²) in [5.74, 6) is -1.15. The third-order valence-corrected chi connectivity index (χ3v) is 5.35. The predicted octanol–water partition coefficient (Wildman–Crippen LogP) is 1.84. The molecule has 5 heteroatoms. The highest BCUT2D eigenvalue weighted by atomic mass is 32.2. The van der Waals surface area contributed by atoms with Crippen molar-refractivity contribution in [2.45, 2.75) is 31.1 Å². The van der Waals surface area contributed by atoms with Gasteiger partial charge in [0, 0.05) is 0 Å². The zero-order chi connectivity index (χ0) is 13.5. The van der Waals surface area contributed by atoms with E-state index in [-0.39, 0.29) is 11.7 Å². The number of hydrogen-bond donors (Lipinski definition) is 1. The van der Waals surface area contributed by atoms with Crippen LogP contribution >= 0.6 is 0 Å². The molecule has 1 aromatic carbocycles. The number of rotatable bonds is 3. The Kier molecular flexibility index (Phi) is 3.19. The molecule has 1 N–H and O–H groups in total. The highest BCUT2D eigenvalue weighted by Gasteiger charge is 2.32. The van der Waals surface area contributed by atoms with E-state index in [0.29, 0.717) is 11.3 Å². The normalized spacial score (nSPS) is 22.4. The molecule has 0 radical (unpaired) electrons. The van der Waals surface area contributed by atoms with E-state index in [1.165, 1.54) is 0 Å². The largest absolute Gasteiger partial charge is 0.481 e. The van der Waals surface area contributed by atoms with Gasteiger partial charge in [-0.05, 0) is 29.5 Å². The van der Waals surface area contributed by atoms with E-state index in [2.05, 4.69) is 0 Å². The zero-order valence-corrected chi connectivity index (χ0v) is 11.2. The zero-order valence-electron chi connectivity index (χ0n) is 10.4. The van der Waals surface area contributed by atoms with Gasteiger partial charge < -0.3 is 5.11 Å². The Labute approximate surface area is 107 Å². The molecule has 2 atom stereocenters. The van der Waals surface area contributed by atoms with E-state index in [1.807, 2.05) is 13.0 Å². The smallest absolute Gasteiger partial charge is 0.306 e. The number of fused-ring (bicyclic) bond motifs is 1. The molecular weight excluding hydrogens is 252 g/mol. The summed E-state index contributed by atoms with van der Waals surface area (Å²) in [6, 6.07) is 5.16. The highest BCUT2D eigenvalue weighted by Crippen LogP contribution is 2.35. The van der Waals surface area contributed by atoms with E-state index in [9.17, 15) is 13.2 Å². The number of aliphatic carboxylic acids is 1. The summed E-state index contributed by atoms with van der Waals surface area (Å²) in [4.78, 5) is 11.2. The lowest BCUT2D eigenvalue weighted by Crippen LogP contribution is -2.12. The molecule has 0 spiro atoms. The van der Waals surface area contributed by atoms with Crippen LogP contribution < -0.4 is 0 Å². The third kappa shape index (κ3) is 2.27. The van der Waals surface area contributed by atoms with Gasteiger partial charge in [0.25, 0.3) is 0 Å². The first-order valence-corrected chi connectivity index (χ1v) is 7.55. The first-order valence-electron chi connectivity index (χ1n) is 5.89. The molecule has 1 aliphatic rings. The summed E-state index contributed by atoms with van der Waals surface area (Å²) in [6.07, 6.45) is 0.426. The number of carboxylic acid groups (broad SMARTS) is 1. The molecule has 1 aromatic rings. The molecule has 2 unspecified atom stereocenters. The number of benzene rings is 1. The average molecular weight is 268 g/mol. The fourth-order valence-corrected chi connectivity index (χ4v) is 4.25. The summed E-state index contributed by atoms with van der Waals surface area (Å²) < 4.78 is 23.6. The van der Waals surface area contributed by atoms with Crippen molar-refractivity contribution in [2.75, 3.05) is 5.75 Å². The molecule has 0 saturated heterocycles. The Hall–Kier alpha value is -1.36. The van der Waals surface area contributed by atoms with Gasteiger partial charge in [0.05, 0.1) is 16.6 Å². The second-order valence-electron chi connectivity index (χ2n) is 5.00. The van der Waals surface area contributed by atoms with Gasteiger partial charge in [0.1, 0.15) is 0 Å². The van der Waals surface area contributed by atoms with Gasteiger partial charge in [-0.1, -0.05) is 26.0 Å². The number of carboxylic acids is 1. The molecule has 18 heavy (non-hydrogen) atoms. The molecule has 0 fully saturated rings. The maximum atomic E-state index is 11.8. The van der Waals surface area contributed by atoms with Crippen LogP contribution in [0.4, 0.5) is 0 Å². The Morgan fingerprint density at radius 2 is 2.17 bits per heavy atom. The average Bonchev–Trinajstić information content (AvgIpc) is 2.49. The molecule has 0 aromatic heterocycles. The minimum Gasteiger partial charge on any atom is -0.481 e. The summed E-state index contributed by atoms with van der Waals surface area (Å²) in [5.41, 5.74) is 1.71.